The van der Waals surface area contributed by atoms with Crippen molar-refractivity contribution in [2.45, 2.75) is 19.8 Å². The first-order valence-corrected chi connectivity index (χ1v) is 5.24. The maximum absolute atomic E-state index is 10.7. The second-order valence-electron chi connectivity index (χ2n) is 3.81. The minimum atomic E-state index is -0.331. The first-order chi connectivity index (χ1) is 7.22. The van der Waals surface area contributed by atoms with E-state index in [-0.39, 0.29) is 10.6 Å². The second-order valence-corrected chi connectivity index (χ2v) is 3.81. The quantitative estimate of drug-likeness (QED) is 0.563. The molecule has 0 saturated carbocycles. The zero-order chi connectivity index (χ0) is 10.8. The van der Waals surface area contributed by atoms with Crippen molar-refractivity contribution in [1.82, 2.24) is 0 Å². The van der Waals surface area contributed by atoms with Crippen molar-refractivity contribution in [3.63, 3.8) is 0 Å². The standard InChI is InChI=1S/C11H14N2O2/c1-2-6-12-7-5-9-3-4-10(13(14)15)8-11(9)12/h3-4,8H,2,5-7H2,1H3. The molecule has 0 unspecified atom stereocenters. The predicted octanol–water partition coefficient (Wildman–Crippen LogP) is 2.37. The molecule has 0 amide bonds. The molecule has 0 N–H and O–H groups in total. The van der Waals surface area contributed by atoms with E-state index in [1.165, 1.54) is 5.56 Å². The van der Waals surface area contributed by atoms with Gasteiger partial charge in [0.05, 0.1) is 4.92 Å². The zero-order valence-corrected chi connectivity index (χ0v) is 8.77. The molecule has 0 saturated heterocycles. The van der Waals surface area contributed by atoms with Gasteiger partial charge in [-0.15, -0.1) is 0 Å². The number of non-ortho nitro benzene ring substituents is 1. The van der Waals surface area contributed by atoms with Gasteiger partial charge in [-0.3, -0.25) is 10.1 Å². The number of nitro groups is 1. The average molecular weight is 206 g/mol. The summed E-state index contributed by atoms with van der Waals surface area (Å²) in [5, 5.41) is 10.7. The Bertz CT molecular complexity index is 388. The smallest absolute Gasteiger partial charge is 0.271 e. The Morgan fingerprint density at radius 2 is 2.33 bits per heavy atom. The summed E-state index contributed by atoms with van der Waals surface area (Å²) in [5.74, 6) is 0. The third-order valence-electron chi connectivity index (χ3n) is 2.76. The van der Waals surface area contributed by atoms with Crippen LogP contribution in [-0.4, -0.2) is 18.0 Å². The predicted molar refractivity (Wildman–Crippen MR) is 59.3 cm³/mol. The third-order valence-corrected chi connectivity index (χ3v) is 2.76. The first-order valence-electron chi connectivity index (χ1n) is 5.24. The van der Waals surface area contributed by atoms with Crippen molar-refractivity contribution in [1.29, 1.82) is 0 Å². The Kier molecular flexibility index (Phi) is 2.58. The normalized spacial score (nSPS) is 14.1. The van der Waals surface area contributed by atoms with Gasteiger partial charge in [-0.2, -0.15) is 0 Å². The lowest BCUT2D eigenvalue weighted by molar-refractivity contribution is -0.384. The van der Waals surface area contributed by atoms with Gasteiger partial charge in [0, 0.05) is 30.9 Å². The van der Waals surface area contributed by atoms with Crippen molar-refractivity contribution >= 4 is 11.4 Å². The van der Waals surface area contributed by atoms with Crippen LogP contribution in [0.5, 0.6) is 0 Å². The minimum Gasteiger partial charge on any atom is -0.371 e. The van der Waals surface area contributed by atoms with Gasteiger partial charge in [0.2, 0.25) is 0 Å². The van der Waals surface area contributed by atoms with Crippen molar-refractivity contribution in [2.75, 3.05) is 18.0 Å². The minimum absolute atomic E-state index is 0.191. The molecular weight excluding hydrogens is 192 g/mol. The highest BCUT2D eigenvalue weighted by molar-refractivity contribution is 5.62. The largest absolute Gasteiger partial charge is 0.371 e. The van der Waals surface area contributed by atoms with Gasteiger partial charge < -0.3 is 4.90 Å². The molecule has 0 aliphatic carbocycles. The number of rotatable bonds is 3. The maximum atomic E-state index is 10.7. The van der Waals surface area contributed by atoms with E-state index < -0.39 is 0 Å². The van der Waals surface area contributed by atoms with Gasteiger partial charge in [0.25, 0.3) is 5.69 Å². The fourth-order valence-electron chi connectivity index (χ4n) is 2.05. The fraction of sp³-hybridized carbons (Fsp3) is 0.455. The number of benzene rings is 1. The Hall–Kier alpha value is -1.58. The van der Waals surface area contributed by atoms with Gasteiger partial charge in [-0.05, 0) is 18.4 Å². The molecule has 1 aromatic rings. The van der Waals surface area contributed by atoms with E-state index in [2.05, 4.69) is 11.8 Å². The molecule has 4 heteroatoms. The highest BCUT2D eigenvalue weighted by Crippen LogP contribution is 2.31. The molecule has 2 rings (SSSR count). The first kappa shape index (κ1) is 9.96. The Morgan fingerprint density at radius 3 is 3.00 bits per heavy atom. The van der Waals surface area contributed by atoms with Crippen LogP contribution in [0.2, 0.25) is 0 Å². The third kappa shape index (κ3) is 1.79. The Labute approximate surface area is 88.7 Å². The maximum Gasteiger partial charge on any atom is 0.271 e. The van der Waals surface area contributed by atoms with Gasteiger partial charge in [-0.25, -0.2) is 0 Å². The molecule has 4 nitrogen and oxygen atoms in total. The van der Waals surface area contributed by atoms with Crippen molar-refractivity contribution < 1.29 is 4.92 Å². The van der Waals surface area contributed by atoms with E-state index in [4.69, 9.17) is 0 Å². The van der Waals surface area contributed by atoms with Crippen LogP contribution < -0.4 is 4.90 Å². The van der Waals surface area contributed by atoms with Gasteiger partial charge in [0.1, 0.15) is 0 Å². The van der Waals surface area contributed by atoms with E-state index in [1.807, 2.05) is 6.07 Å². The number of nitrogens with zero attached hydrogens (tertiary/aromatic N) is 2. The lowest BCUT2D eigenvalue weighted by Crippen LogP contribution is -2.20. The molecule has 0 spiro atoms. The molecule has 1 aliphatic rings. The number of hydrogen-bond donors (Lipinski definition) is 0. The van der Waals surface area contributed by atoms with E-state index in [0.717, 1.165) is 31.6 Å². The summed E-state index contributed by atoms with van der Waals surface area (Å²) in [4.78, 5) is 12.5. The lowest BCUT2D eigenvalue weighted by atomic mass is 10.1. The van der Waals surface area contributed by atoms with Crippen LogP contribution in [0, 0.1) is 10.1 Å². The van der Waals surface area contributed by atoms with Crippen LogP contribution >= 0.6 is 0 Å². The van der Waals surface area contributed by atoms with Crippen LogP contribution in [0.4, 0.5) is 11.4 Å². The Morgan fingerprint density at radius 1 is 1.53 bits per heavy atom. The van der Waals surface area contributed by atoms with Crippen LogP contribution in [0.25, 0.3) is 0 Å². The van der Waals surface area contributed by atoms with Gasteiger partial charge in [-0.1, -0.05) is 13.0 Å². The highest BCUT2D eigenvalue weighted by atomic mass is 16.6. The van der Waals surface area contributed by atoms with E-state index >= 15 is 0 Å². The van der Waals surface area contributed by atoms with E-state index in [0.29, 0.717) is 0 Å². The molecule has 1 aliphatic heterocycles. The van der Waals surface area contributed by atoms with Gasteiger partial charge in [0.15, 0.2) is 0 Å². The van der Waals surface area contributed by atoms with Crippen LogP contribution in [0.15, 0.2) is 18.2 Å². The fourth-order valence-corrected chi connectivity index (χ4v) is 2.05. The lowest BCUT2D eigenvalue weighted by Gasteiger charge is -2.17. The summed E-state index contributed by atoms with van der Waals surface area (Å²) >= 11 is 0. The Balaban J connectivity index is 2.33. The van der Waals surface area contributed by atoms with E-state index in [9.17, 15) is 10.1 Å². The molecular formula is C11H14N2O2. The van der Waals surface area contributed by atoms with Crippen LogP contribution in [-0.2, 0) is 6.42 Å². The molecule has 0 aromatic heterocycles. The molecule has 0 fully saturated rings. The SMILES string of the molecule is CCCN1CCc2ccc([N+](=O)[O-])cc21. The molecule has 15 heavy (non-hydrogen) atoms. The summed E-state index contributed by atoms with van der Waals surface area (Å²) in [6, 6.07) is 5.16. The number of fused-ring (bicyclic) bond motifs is 1. The topological polar surface area (TPSA) is 46.4 Å². The second kappa shape index (κ2) is 3.88. The molecule has 0 atom stereocenters. The molecule has 80 valence electrons. The van der Waals surface area contributed by atoms with Crippen LogP contribution in [0.3, 0.4) is 0 Å². The number of hydrogen-bond acceptors (Lipinski definition) is 3. The molecule has 0 bridgehead atoms. The van der Waals surface area contributed by atoms with Crippen molar-refractivity contribution in [2.24, 2.45) is 0 Å². The highest BCUT2D eigenvalue weighted by Gasteiger charge is 2.20. The summed E-state index contributed by atoms with van der Waals surface area (Å²) in [6.45, 7) is 4.09. The molecule has 0 radical (unpaired) electrons. The monoisotopic (exact) mass is 206 g/mol. The summed E-state index contributed by atoms with van der Waals surface area (Å²) in [6.07, 6.45) is 2.08. The number of nitro benzene ring substituents is 1. The average Bonchev–Trinajstić information content (AvgIpc) is 2.61. The van der Waals surface area contributed by atoms with E-state index in [1.54, 1.807) is 12.1 Å². The summed E-state index contributed by atoms with van der Waals surface area (Å²) in [5.41, 5.74) is 2.47. The zero-order valence-electron chi connectivity index (χ0n) is 8.77. The summed E-state index contributed by atoms with van der Waals surface area (Å²) in [7, 11) is 0. The van der Waals surface area contributed by atoms with Crippen molar-refractivity contribution in [3.8, 4) is 0 Å². The molecule has 1 aromatic carbocycles. The van der Waals surface area contributed by atoms with Crippen molar-refractivity contribution in [3.05, 3.63) is 33.9 Å². The van der Waals surface area contributed by atoms with Gasteiger partial charge >= 0.3 is 0 Å². The van der Waals surface area contributed by atoms with Crippen LogP contribution in [0.1, 0.15) is 18.9 Å². The summed E-state index contributed by atoms with van der Waals surface area (Å²) < 4.78 is 0. The molecule has 1 heterocycles. The number of anilines is 1.